The van der Waals surface area contributed by atoms with Gasteiger partial charge in [0.05, 0.1) is 0 Å². The third-order valence-electron chi connectivity index (χ3n) is 3.84. The maximum atomic E-state index is 14.6. The van der Waals surface area contributed by atoms with Crippen LogP contribution in [0.3, 0.4) is 0 Å². The summed E-state index contributed by atoms with van der Waals surface area (Å²) in [5.41, 5.74) is -0.941. The average Bonchev–Trinajstić information content (AvgIpc) is 2.33. The Labute approximate surface area is 124 Å². The summed E-state index contributed by atoms with van der Waals surface area (Å²) in [4.78, 5) is 4.50. The minimum Gasteiger partial charge on any atom is -0.312 e. The molecule has 0 aromatic carbocycles. The molecule has 2 saturated heterocycles. The lowest BCUT2D eigenvalue weighted by Gasteiger charge is -2.40. The topological polar surface area (TPSA) is 18.5 Å². The molecule has 20 heavy (non-hydrogen) atoms. The third kappa shape index (κ3) is 7.00. The molecule has 1 N–H and O–H groups in total. The van der Waals surface area contributed by atoms with Crippen molar-refractivity contribution in [3.8, 4) is 0 Å². The third-order valence-corrected chi connectivity index (χ3v) is 3.84. The zero-order valence-electron chi connectivity index (χ0n) is 14.1. The molecule has 2 aliphatic rings. The van der Waals surface area contributed by atoms with E-state index in [1.54, 1.807) is 0 Å². The number of likely N-dealkylation sites (tertiary alicyclic amines) is 1. The van der Waals surface area contributed by atoms with Gasteiger partial charge in [0.1, 0.15) is 5.67 Å². The maximum Gasteiger partial charge on any atom is 0.126 e. The molecular formula is C16H34FN3. The highest BCUT2D eigenvalue weighted by molar-refractivity contribution is 4.90. The van der Waals surface area contributed by atoms with Gasteiger partial charge in [-0.05, 0) is 32.7 Å². The van der Waals surface area contributed by atoms with Crippen molar-refractivity contribution in [2.24, 2.45) is 5.92 Å². The van der Waals surface area contributed by atoms with E-state index in [0.717, 1.165) is 38.6 Å². The van der Waals surface area contributed by atoms with Gasteiger partial charge in [-0.25, -0.2) is 4.39 Å². The van der Waals surface area contributed by atoms with E-state index in [9.17, 15) is 4.39 Å². The highest BCUT2D eigenvalue weighted by atomic mass is 19.1. The fraction of sp³-hybridized carbons (Fsp3) is 1.00. The van der Waals surface area contributed by atoms with Crippen molar-refractivity contribution < 1.29 is 4.39 Å². The largest absolute Gasteiger partial charge is 0.312 e. The standard InChI is InChI=1S/C12H24FN3.C4H10/c1-11-9-16(8-5-14-11)10-12(13)3-6-15(2)7-4-12;1-4(2)3/h11,14H,3-10H2,1-2H3;4H,1-3H3. The van der Waals surface area contributed by atoms with Crippen molar-refractivity contribution in [2.45, 2.75) is 52.2 Å². The van der Waals surface area contributed by atoms with E-state index in [1.807, 2.05) is 0 Å². The van der Waals surface area contributed by atoms with Crippen LogP contribution in [0.4, 0.5) is 4.39 Å². The van der Waals surface area contributed by atoms with Gasteiger partial charge >= 0.3 is 0 Å². The summed E-state index contributed by atoms with van der Waals surface area (Å²) in [6.45, 7) is 14.1. The van der Waals surface area contributed by atoms with E-state index in [2.05, 4.69) is 49.9 Å². The number of hydrogen-bond donors (Lipinski definition) is 1. The molecule has 0 bridgehead atoms. The number of nitrogens with one attached hydrogen (secondary N) is 1. The Balaban J connectivity index is 0.000000444. The molecular weight excluding hydrogens is 253 g/mol. The molecule has 3 nitrogen and oxygen atoms in total. The van der Waals surface area contributed by atoms with Gasteiger partial charge in [0.2, 0.25) is 0 Å². The van der Waals surface area contributed by atoms with Gasteiger partial charge in [0.25, 0.3) is 0 Å². The van der Waals surface area contributed by atoms with Crippen molar-refractivity contribution in [1.29, 1.82) is 0 Å². The molecule has 0 amide bonds. The van der Waals surface area contributed by atoms with Gasteiger partial charge in [0.15, 0.2) is 0 Å². The van der Waals surface area contributed by atoms with Crippen LogP contribution < -0.4 is 5.32 Å². The Morgan fingerprint density at radius 1 is 1.20 bits per heavy atom. The van der Waals surface area contributed by atoms with Crippen molar-refractivity contribution >= 4 is 0 Å². The lowest BCUT2D eigenvalue weighted by atomic mass is 9.92. The number of piperidine rings is 1. The van der Waals surface area contributed by atoms with Gasteiger partial charge in [-0.15, -0.1) is 0 Å². The van der Waals surface area contributed by atoms with Crippen LogP contribution in [-0.2, 0) is 0 Å². The quantitative estimate of drug-likeness (QED) is 0.841. The van der Waals surface area contributed by atoms with Crippen LogP contribution in [0.25, 0.3) is 0 Å². The predicted octanol–water partition coefficient (Wildman–Crippen LogP) is 2.38. The number of halogens is 1. The second kappa shape index (κ2) is 8.30. The van der Waals surface area contributed by atoms with Crippen molar-refractivity contribution in [1.82, 2.24) is 15.1 Å². The molecule has 0 aliphatic carbocycles. The summed E-state index contributed by atoms with van der Waals surface area (Å²) in [7, 11) is 2.08. The molecule has 0 aromatic heterocycles. The minimum atomic E-state index is -0.941. The molecule has 0 aromatic rings. The minimum absolute atomic E-state index is 0.503. The molecule has 0 radical (unpaired) electrons. The van der Waals surface area contributed by atoms with Gasteiger partial charge in [-0.2, -0.15) is 0 Å². The molecule has 0 spiro atoms. The fourth-order valence-corrected chi connectivity index (χ4v) is 2.73. The first-order valence-electron chi connectivity index (χ1n) is 8.14. The molecule has 1 unspecified atom stereocenters. The SMILES string of the molecule is CC(C)C.CC1CN(CC2(F)CCN(C)CC2)CCN1. The number of hydrogen-bond acceptors (Lipinski definition) is 3. The van der Waals surface area contributed by atoms with E-state index in [-0.39, 0.29) is 0 Å². The maximum absolute atomic E-state index is 14.6. The first kappa shape index (κ1) is 17.9. The lowest BCUT2D eigenvalue weighted by Crippen LogP contribution is -2.54. The zero-order valence-corrected chi connectivity index (χ0v) is 14.1. The van der Waals surface area contributed by atoms with Crippen LogP contribution in [0, 0.1) is 5.92 Å². The van der Waals surface area contributed by atoms with E-state index in [4.69, 9.17) is 0 Å². The molecule has 1 atom stereocenters. The van der Waals surface area contributed by atoms with Crippen molar-refractivity contribution in [3.63, 3.8) is 0 Å². The zero-order chi connectivity index (χ0) is 15.2. The van der Waals surface area contributed by atoms with Crippen LogP contribution in [0.1, 0.15) is 40.5 Å². The van der Waals surface area contributed by atoms with Crippen LogP contribution in [0.15, 0.2) is 0 Å². The van der Waals surface area contributed by atoms with E-state index in [0.29, 0.717) is 25.4 Å². The molecule has 2 heterocycles. The van der Waals surface area contributed by atoms with Gasteiger partial charge in [-0.3, -0.25) is 4.90 Å². The first-order valence-corrected chi connectivity index (χ1v) is 8.14. The van der Waals surface area contributed by atoms with Gasteiger partial charge < -0.3 is 10.2 Å². The van der Waals surface area contributed by atoms with E-state index >= 15 is 0 Å². The summed E-state index contributed by atoms with van der Waals surface area (Å²) >= 11 is 0. The van der Waals surface area contributed by atoms with Crippen molar-refractivity contribution in [3.05, 3.63) is 0 Å². The summed E-state index contributed by atoms with van der Waals surface area (Å²) in [6, 6.07) is 0.503. The Morgan fingerprint density at radius 3 is 2.25 bits per heavy atom. The Bertz CT molecular complexity index is 260. The Morgan fingerprint density at radius 2 is 1.75 bits per heavy atom. The summed E-state index contributed by atoms with van der Waals surface area (Å²) in [6.07, 6.45) is 1.39. The van der Waals surface area contributed by atoms with E-state index in [1.165, 1.54) is 0 Å². The van der Waals surface area contributed by atoms with Crippen LogP contribution in [0.2, 0.25) is 0 Å². The number of piperazine rings is 1. The van der Waals surface area contributed by atoms with Crippen LogP contribution in [-0.4, -0.2) is 67.8 Å². The second-order valence-corrected chi connectivity index (χ2v) is 7.28. The summed E-state index contributed by atoms with van der Waals surface area (Å²) < 4.78 is 14.6. The highest BCUT2D eigenvalue weighted by Crippen LogP contribution is 2.27. The number of alkyl halides is 1. The van der Waals surface area contributed by atoms with Crippen molar-refractivity contribution in [2.75, 3.05) is 46.3 Å². The summed E-state index contributed by atoms with van der Waals surface area (Å²) in [5, 5.41) is 3.40. The molecule has 2 aliphatic heterocycles. The Kier molecular flexibility index (Phi) is 7.41. The molecule has 0 saturated carbocycles. The first-order chi connectivity index (χ1) is 9.31. The van der Waals surface area contributed by atoms with Gasteiger partial charge in [-0.1, -0.05) is 20.8 Å². The molecule has 4 heteroatoms. The normalized spacial score (nSPS) is 28.1. The number of rotatable bonds is 2. The Hall–Kier alpha value is -0.190. The monoisotopic (exact) mass is 287 g/mol. The number of nitrogens with zero attached hydrogens (tertiary/aromatic N) is 2. The van der Waals surface area contributed by atoms with E-state index < -0.39 is 5.67 Å². The van der Waals surface area contributed by atoms with Gasteiger partial charge in [0, 0.05) is 45.3 Å². The van der Waals surface area contributed by atoms with Crippen LogP contribution >= 0.6 is 0 Å². The summed E-state index contributed by atoms with van der Waals surface area (Å²) in [5.74, 6) is 0.833. The average molecular weight is 287 g/mol. The lowest BCUT2D eigenvalue weighted by molar-refractivity contribution is 0.0241. The molecule has 120 valence electrons. The predicted molar refractivity (Wildman–Crippen MR) is 85.0 cm³/mol. The highest BCUT2D eigenvalue weighted by Gasteiger charge is 2.35. The molecule has 2 rings (SSSR count). The molecule has 2 fully saturated rings. The smallest absolute Gasteiger partial charge is 0.126 e. The second-order valence-electron chi connectivity index (χ2n) is 7.28. The fourth-order valence-electron chi connectivity index (χ4n) is 2.73. The van der Waals surface area contributed by atoms with Crippen LogP contribution in [0.5, 0.6) is 0 Å².